The van der Waals surface area contributed by atoms with Crippen LogP contribution in [0.15, 0.2) is 66.9 Å². The van der Waals surface area contributed by atoms with Crippen molar-refractivity contribution in [3.8, 4) is 23.6 Å². The number of anilines is 2. The molecule has 0 bridgehead atoms. The zero-order valence-corrected chi connectivity index (χ0v) is 12.6. The SMILES string of the molecule is N#Cc1ccc(Oc2cccc(Nc3ncccc3C#N)c2)cc1. The van der Waals surface area contributed by atoms with E-state index in [2.05, 4.69) is 22.4 Å². The molecule has 24 heavy (non-hydrogen) atoms. The Bertz CT molecular complexity index is 937. The Labute approximate surface area is 139 Å². The Kier molecular flexibility index (Phi) is 4.37. The van der Waals surface area contributed by atoms with Crippen LogP contribution in [0.3, 0.4) is 0 Å². The molecule has 0 amide bonds. The minimum absolute atomic E-state index is 0.468. The summed E-state index contributed by atoms with van der Waals surface area (Å²) in [5, 5.41) is 21.0. The molecule has 0 saturated heterocycles. The first-order chi connectivity index (χ1) is 11.8. The Balaban J connectivity index is 1.79. The second-order valence-electron chi connectivity index (χ2n) is 4.90. The van der Waals surface area contributed by atoms with Crippen LogP contribution >= 0.6 is 0 Å². The predicted octanol–water partition coefficient (Wildman–Crippen LogP) is 4.36. The highest BCUT2D eigenvalue weighted by Crippen LogP contribution is 2.26. The largest absolute Gasteiger partial charge is 0.457 e. The summed E-state index contributed by atoms with van der Waals surface area (Å²) in [6, 6.07) is 21.8. The van der Waals surface area contributed by atoms with Gasteiger partial charge in [-0.3, -0.25) is 0 Å². The number of hydrogen-bond donors (Lipinski definition) is 1. The fourth-order valence-electron chi connectivity index (χ4n) is 2.10. The fraction of sp³-hybridized carbons (Fsp3) is 0. The van der Waals surface area contributed by atoms with E-state index in [9.17, 15) is 0 Å². The molecule has 2 aromatic carbocycles. The van der Waals surface area contributed by atoms with Gasteiger partial charge in [-0.15, -0.1) is 0 Å². The van der Waals surface area contributed by atoms with E-state index in [1.54, 1.807) is 42.6 Å². The molecule has 1 N–H and O–H groups in total. The van der Waals surface area contributed by atoms with Crippen molar-refractivity contribution in [2.24, 2.45) is 0 Å². The van der Waals surface area contributed by atoms with Crippen LogP contribution in [0.5, 0.6) is 11.5 Å². The van der Waals surface area contributed by atoms with Gasteiger partial charge in [0.1, 0.15) is 23.4 Å². The summed E-state index contributed by atoms with van der Waals surface area (Å²) in [6.07, 6.45) is 1.63. The summed E-state index contributed by atoms with van der Waals surface area (Å²) in [6.45, 7) is 0. The lowest BCUT2D eigenvalue weighted by Crippen LogP contribution is -1.96. The van der Waals surface area contributed by atoms with Gasteiger partial charge in [-0.2, -0.15) is 10.5 Å². The molecular formula is C19H12N4O. The van der Waals surface area contributed by atoms with Gasteiger partial charge in [0.15, 0.2) is 0 Å². The number of hydrogen-bond acceptors (Lipinski definition) is 5. The van der Waals surface area contributed by atoms with Crippen LogP contribution < -0.4 is 10.1 Å². The predicted molar refractivity (Wildman–Crippen MR) is 89.9 cm³/mol. The molecule has 1 heterocycles. The molecule has 0 unspecified atom stereocenters. The Morgan fingerprint density at radius 1 is 0.875 bits per heavy atom. The second-order valence-corrected chi connectivity index (χ2v) is 4.90. The summed E-state index contributed by atoms with van der Waals surface area (Å²) in [4.78, 5) is 4.17. The fourth-order valence-corrected chi connectivity index (χ4v) is 2.10. The average molecular weight is 312 g/mol. The van der Waals surface area contributed by atoms with E-state index in [4.69, 9.17) is 15.3 Å². The standard InChI is InChI=1S/C19H12N4O/c20-12-14-6-8-17(9-7-14)24-18-5-1-4-16(11-18)23-19-15(13-21)3-2-10-22-19/h1-11H,(H,22,23). The monoisotopic (exact) mass is 312 g/mol. The van der Waals surface area contributed by atoms with Crippen molar-refractivity contribution in [3.63, 3.8) is 0 Å². The summed E-state index contributed by atoms with van der Waals surface area (Å²) >= 11 is 0. The number of rotatable bonds is 4. The van der Waals surface area contributed by atoms with Crippen LogP contribution in [-0.4, -0.2) is 4.98 Å². The lowest BCUT2D eigenvalue weighted by molar-refractivity contribution is 0.483. The van der Waals surface area contributed by atoms with Crippen molar-refractivity contribution in [2.75, 3.05) is 5.32 Å². The van der Waals surface area contributed by atoms with Crippen LogP contribution in [0.2, 0.25) is 0 Å². The van der Waals surface area contributed by atoms with E-state index in [0.717, 1.165) is 5.69 Å². The van der Waals surface area contributed by atoms with Crippen LogP contribution in [0.1, 0.15) is 11.1 Å². The molecule has 1 aromatic heterocycles. The molecule has 3 aromatic rings. The summed E-state index contributed by atoms with van der Waals surface area (Å²) in [7, 11) is 0. The van der Waals surface area contributed by atoms with Crippen LogP contribution in [0, 0.1) is 22.7 Å². The number of nitriles is 2. The molecule has 0 radical (unpaired) electrons. The number of pyridine rings is 1. The van der Waals surface area contributed by atoms with E-state index in [1.807, 2.05) is 24.3 Å². The Morgan fingerprint density at radius 3 is 2.46 bits per heavy atom. The lowest BCUT2D eigenvalue weighted by atomic mass is 10.2. The average Bonchev–Trinajstić information content (AvgIpc) is 2.63. The molecule has 0 spiro atoms. The van der Waals surface area contributed by atoms with Gasteiger partial charge < -0.3 is 10.1 Å². The first kappa shape index (κ1) is 15.1. The molecule has 0 fully saturated rings. The summed E-state index contributed by atoms with van der Waals surface area (Å²) in [5.74, 6) is 1.77. The van der Waals surface area contributed by atoms with Gasteiger partial charge >= 0.3 is 0 Å². The third-order valence-corrected chi connectivity index (χ3v) is 3.24. The van der Waals surface area contributed by atoms with Crippen LogP contribution in [0.4, 0.5) is 11.5 Å². The minimum Gasteiger partial charge on any atom is -0.457 e. The van der Waals surface area contributed by atoms with Crippen molar-refractivity contribution in [1.82, 2.24) is 4.98 Å². The van der Waals surface area contributed by atoms with E-state index in [-0.39, 0.29) is 0 Å². The third kappa shape index (κ3) is 3.49. The quantitative estimate of drug-likeness (QED) is 0.774. The van der Waals surface area contributed by atoms with E-state index < -0.39 is 0 Å². The van der Waals surface area contributed by atoms with Gasteiger partial charge in [-0.25, -0.2) is 4.98 Å². The van der Waals surface area contributed by atoms with Gasteiger partial charge in [-0.05, 0) is 48.5 Å². The number of aromatic nitrogens is 1. The third-order valence-electron chi connectivity index (χ3n) is 3.24. The molecule has 114 valence electrons. The highest BCUT2D eigenvalue weighted by molar-refractivity contribution is 5.63. The smallest absolute Gasteiger partial charge is 0.148 e. The number of benzene rings is 2. The maximum Gasteiger partial charge on any atom is 0.148 e. The van der Waals surface area contributed by atoms with Gasteiger partial charge in [0, 0.05) is 18.0 Å². The maximum atomic E-state index is 9.11. The Morgan fingerprint density at radius 2 is 1.71 bits per heavy atom. The number of nitrogens with one attached hydrogen (secondary N) is 1. The van der Waals surface area contributed by atoms with Crippen molar-refractivity contribution in [1.29, 1.82) is 10.5 Å². The van der Waals surface area contributed by atoms with Crippen molar-refractivity contribution >= 4 is 11.5 Å². The second kappa shape index (κ2) is 6.95. The van der Waals surface area contributed by atoms with Gasteiger partial charge in [0.2, 0.25) is 0 Å². The maximum absolute atomic E-state index is 9.11. The summed E-state index contributed by atoms with van der Waals surface area (Å²) < 4.78 is 5.78. The minimum atomic E-state index is 0.468. The molecule has 0 atom stereocenters. The zero-order valence-electron chi connectivity index (χ0n) is 12.6. The van der Waals surface area contributed by atoms with Gasteiger partial charge in [0.05, 0.1) is 17.2 Å². The van der Waals surface area contributed by atoms with Crippen molar-refractivity contribution in [2.45, 2.75) is 0 Å². The van der Waals surface area contributed by atoms with Gasteiger partial charge in [0.25, 0.3) is 0 Å². The molecule has 0 aliphatic carbocycles. The molecule has 3 rings (SSSR count). The molecular weight excluding hydrogens is 300 g/mol. The normalized spacial score (nSPS) is 9.58. The van der Waals surface area contributed by atoms with Crippen LogP contribution in [-0.2, 0) is 0 Å². The van der Waals surface area contributed by atoms with E-state index in [1.165, 1.54) is 0 Å². The summed E-state index contributed by atoms with van der Waals surface area (Å²) in [5.41, 5.74) is 1.81. The molecule has 0 aliphatic heterocycles. The van der Waals surface area contributed by atoms with Gasteiger partial charge in [-0.1, -0.05) is 6.07 Å². The van der Waals surface area contributed by atoms with E-state index >= 15 is 0 Å². The lowest BCUT2D eigenvalue weighted by Gasteiger charge is -2.10. The zero-order chi connectivity index (χ0) is 16.8. The Hall–Kier alpha value is -3.83. The first-order valence-corrected chi connectivity index (χ1v) is 7.19. The highest BCUT2D eigenvalue weighted by Gasteiger charge is 2.04. The number of ether oxygens (including phenoxy) is 1. The molecule has 0 aliphatic rings. The first-order valence-electron chi connectivity index (χ1n) is 7.19. The molecule has 5 nitrogen and oxygen atoms in total. The van der Waals surface area contributed by atoms with Crippen molar-refractivity contribution < 1.29 is 4.74 Å². The molecule has 0 saturated carbocycles. The topological polar surface area (TPSA) is 81.7 Å². The highest BCUT2D eigenvalue weighted by atomic mass is 16.5. The van der Waals surface area contributed by atoms with Crippen molar-refractivity contribution in [3.05, 3.63) is 78.0 Å². The van der Waals surface area contributed by atoms with E-state index in [0.29, 0.717) is 28.4 Å². The molecule has 5 heteroatoms. The van der Waals surface area contributed by atoms with Crippen LogP contribution in [0.25, 0.3) is 0 Å². The number of nitrogens with zero attached hydrogens (tertiary/aromatic N) is 3.